The number of hydrogen-bond donors (Lipinski definition) is 1. The SMILES string of the molecule is CCOc1cc(C(C)N2CC3(CC3)c3c(CN4CCC4)cc(Cn4ccnc4NC)cc3C2=O)ncc1F. The number of carbonyl (C=O) groups excluding carboxylic acids is 1. The van der Waals surface area contributed by atoms with Gasteiger partial charge in [-0.2, -0.15) is 0 Å². The second-order valence-corrected chi connectivity index (χ2v) is 10.8. The van der Waals surface area contributed by atoms with Crippen molar-refractivity contribution in [2.45, 2.75) is 57.7 Å². The van der Waals surface area contributed by atoms with Crippen LogP contribution in [-0.2, 0) is 18.5 Å². The maximum absolute atomic E-state index is 14.2. The molecule has 1 saturated heterocycles. The van der Waals surface area contributed by atoms with E-state index in [2.05, 4.69) is 36.9 Å². The minimum atomic E-state index is -0.488. The summed E-state index contributed by atoms with van der Waals surface area (Å²) >= 11 is 0. The molecule has 1 saturated carbocycles. The van der Waals surface area contributed by atoms with Crippen molar-refractivity contribution in [3.63, 3.8) is 0 Å². The summed E-state index contributed by atoms with van der Waals surface area (Å²) in [6, 6.07) is 5.72. The maximum Gasteiger partial charge on any atom is 0.254 e. The first kappa shape index (κ1) is 24.9. The predicted molar refractivity (Wildman–Crippen MR) is 143 cm³/mol. The first-order valence-electron chi connectivity index (χ1n) is 13.6. The van der Waals surface area contributed by atoms with Crippen LogP contribution in [0.1, 0.15) is 71.9 Å². The van der Waals surface area contributed by atoms with Gasteiger partial charge in [-0.15, -0.1) is 0 Å². The van der Waals surface area contributed by atoms with E-state index in [0.717, 1.165) is 49.6 Å². The first-order valence-corrected chi connectivity index (χ1v) is 13.6. The largest absolute Gasteiger partial charge is 0.491 e. The fraction of sp³-hybridized carbons (Fsp3) is 0.483. The third-order valence-electron chi connectivity index (χ3n) is 8.30. The Bertz CT molecular complexity index is 1360. The summed E-state index contributed by atoms with van der Waals surface area (Å²) in [7, 11) is 1.86. The van der Waals surface area contributed by atoms with Crippen LogP contribution in [-0.4, -0.2) is 63.5 Å². The molecule has 38 heavy (non-hydrogen) atoms. The van der Waals surface area contributed by atoms with Gasteiger partial charge in [0.05, 0.1) is 31.1 Å². The lowest BCUT2D eigenvalue weighted by atomic mass is 9.80. The van der Waals surface area contributed by atoms with Crippen molar-refractivity contribution in [3.8, 4) is 5.75 Å². The number of halogens is 1. The molecule has 1 atom stereocenters. The Hall–Kier alpha value is -3.46. The van der Waals surface area contributed by atoms with Crippen molar-refractivity contribution in [2.24, 2.45) is 0 Å². The number of benzene rings is 1. The molecule has 1 aromatic carbocycles. The number of nitrogens with one attached hydrogen (secondary N) is 1. The van der Waals surface area contributed by atoms with Gasteiger partial charge < -0.3 is 19.5 Å². The molecular formula is C29H35FN6O2. The number of imidazole rings is 1. The van der Waals surface area contributed by atoms with Crippen molar-refractivity contribution in [1.29, 1.82) is 0 Å². The summed E-state index contributed by atoms with van der Waals surface area (Å²) in [4.78, 5) is 27.3. The zero-order chi connectivity index (χ0) is 26.4. The Labute approximate surface area is 222 Å². The van der Waals surface area contributed by atoms with E-state index in [0.29, 0.717) is 25.4 Å². The molecule has 1 unspecified atom stereocenters. The van der Waals surface area contributed by atoms with Gasteiger partial charge in [-0.1, -0.05) is 6.07 Å². The molecule has 2 fully saturated rings. The number of likely N-dealkylation sites (tertiary alicyclic amines) is 1. The Morgan fingerprint density at radius 1 is 1.18 bits per heavy atom. The second-order valence-electron chi connectivity index (χ2n) is 10.8. The second kappa shape index (κ2) is 9.69. The van der Waals surface area contributed by atoms with Crippen LogP contribution >= 0.6 is 0 Å². The number of ether oxygens (including phenoxy) is 1. The van der Waals surface area contributed by atoms with Gasteiger partial charge in [-0.25, -0.2) is 9.37 Å². The number of rotatable bonds is 9. The maximum atomic E-state index is 14.2. The molecule has 1 amide bonds. The van der Waals surface area contributed by atoms with Gasteiger partial charge in [0, 0.05) is 49.6 Å². The lowest BCUT2D eigenvalue weighted by Crippen LogP contribution is -2.46. The van der Waals surface area contributed by atoms with E-state index in [9.17, 15) is 9.18 Å². The zero-order valence-corrected chi connectivity index (χ0v) is 22.3. The van der Waals surface area contributed by atoms with E-state index >= 15 is 0 Å². The van der Waals surface area contributed by atoms with E-state index in [4.69, 9.17) is 4.74 Å². The number of amides is 1. The van der Waals surface area contributed by atoms with Gasteiger partial charge in [0.25, 0.3) is 5.91 Å². The molecule has 4 heterocycles. The summed E-state index contributed by atoms with van der Waals surface area (Å²) in [5.41, 5.74) is 5.02. The minimum absolute atomic E-state index is 0.0142. The van der Waals surface area contributed by atoms with Gasteiger partial charge in [0.1, 0.15) is 0 Å². The van der Waals surface area contributed by atoms with Crippen LogP contribution in [0, 0.1) is 5.82 Å². The smallest absolute Gasteiger partial charge is 0.254 e. The highest BCUT2D eigenvalue weighted by molar-refractivity contribution is 5.98. The van der Waals surface area contributed by atoms with Crippen LogP contribution in [0.2, 0.25) is 0 Å². The topological polar surface area (TPSA) is 75.5 Å². The molecule has 6 rings (SSSR count). The predicted octanol–water partition coefficient (Wildman–Crippen LogP) is 4.36. The van der Waals surface area contributed by atoms with E-state index in [1.807, 2.05) is 32.0 Å². The fourth-order valence-electron chi connectivity index (χ4n) is 6.01. The van der Waals surface area contributed by atoms with Crippen molar-refractivity contribution in [2.75, 3.05) is 38.6 Å². The van der Waals surface area contributed by atoms with Crippen LogP contribution in [0.25, 0.3) is 0 Å². The van der Waals surface area contributed by atoms with E-state index in [1.165, 1.54) is 23.7 Å². The molecule has 2 aromatic heterocycles. The monoisotopic (exact) mass is 518 g/mol. The van der Waals surface area contributed by atoms with E-state index < -0.39 is 5.82 Å². The highest BCUT2D eigenvalue weighted by Gasteiger charge is 2.53. The summed E-state index contributed by atoms with van der Waals surface area (Å²) < 4.78 is 21.8. The van der Waals surface area contributed by atoms with Crippen LogP contribution in [0.3, 0.4) is 0 Å². The van der Waals surface area contributed by atoms with Crippen LogP contribution in [0.15, 0.2) is 36.8 Å². The molecule has 3 aromatic rings. The number of hydrogen-bond acceptors (Lipinski definition) is 6. The molecule has 0 bridgehead atoms. The third-order valence-corrected chi connectivity index (χ3v) is 8.30. The molecular weight excluding hydrogens is 483 g/mol. The fourth-order valence-corrected chi connectivity index (χ4v) is 6.01. The van der Waals surface area contributed by atoms with Crippen LogP contribution < -0.4 is 10.1 Å². The Balaban J connectivity index is 1.39. The first-order chi connectivity index (χ1) is 18.4. The standard InChI is InChI=1S/C29H35FN6O2/c1-4-38-25-14-24(33-15-23(25)30)19(2)36-18-29(6-7-29)26-21(17-34-9-5-10-34)12-20(13-22(26)27(36)37)16-35-11-8-32-28(35)31-3/h8,11-15,19H,4-7,9-10,16-18H2,1-3H3,(H,31,32). The quantitative estimate of drug-likeness (QED) is 0.454. The number of carbonyl (C=O) groups is 1. The number of aromatic nitrogens is 3. The molecule has 1 aliphatic carbocycles. The summed E-state index contributed by atoms with van der Waals surface area (Å²) in [6.07, 6.45) is 8.29. The average Bonchev–Trinajstić information content (AvgIpc) is 3.52. The summed E-state index contributed by atoms with van der Waals surface area (Å²) in [5.74, 6) is 0.493. The molecule has 1 spiro atoms. The Morgan fingerprint density at radius 3 is 2.68 bits per heavy atom. The number of nitrogens with zero attached hydrogens (tertiary/aromatic N) is 5. The average molecular weight is 519 g/mol. The lowest BCUT2D eigenvalue weighted by Gasteiger charge is -2.40. The normalized spacial score (nSPS) is 18.7. The van der Waals surface area contributed by atoms with Gasteiger partial charge in [-0.05, 0) is 69.0 Å². The van der Waals surface area contributed by atoms with Crippen molar-refractivity contribution < 1.29 is 13.9 Å². The molecule has 200 valence electrons. The van der Waals surface area contributed by atoms with Crippen molar-refractivity contribution in [3.05, 3.63) is 70.6 Å². The summed E-state index contributed by atoms with van der Waals surface area (Å²) in [6.45, 7) is 8.53. The summed E-state index contributed by atoms with van der Waals surface area (Å²) in [5, 5.41) is 3.14. The van der Waals surface area contributed by atoms with Gasteiger partial charge in [0.2, 0.25) is 5.95 Å². The van der Waals surface area contributed by atoms with Crippen molar-refractivity contribution >= 4 is 11.9 Å². The van der Waals surface area contributed by atoms with Gasteiger partial charge in [-0.3, -0.25) is 14.7 Å². The Kier molecular flexibility index (Phi) is 6.34. The lowest BCUT2D eigenvalue weighted by molar-refractivity contribution is 0.0632. The Morgan fingerprint density at radius 2 is 2.00 bits per heavy atom. The highest BCUT2D eigenvalue weighted by Crippen LogP contribution is 2.55. The van der Waals surface area contributed by atoms with Crippen LogP contribution in [0.5, 0.6) is 5.75 Å². The van der Waals surface area contributed by atoms with Crippen molar-refractivity contribution in [1.82, 2.24) is 24.3 Å². The molecule has 2 aliphatic heterocycles. The van der Waals surface area contributed by atoms with Gasteiger partial charge >= 0.3 is 0 Å². The molecule has 1 N–H and O–H groups in total. The van der Waals surface area contributed by atoms with E-state index in [-0.39, 0.29) is 23.1 Å². The minimum Gasteiger partial charge on any atom is -0.491 e. The number of pyridine rings is 1. The number of anilines is 1. The molecule has 8 nitrogen and oxygen atoms in total. The molecule has 9 heteroatoms. The van der Waals surface area contributed by atoms with Crippen LogP contribution in [0.4, 0.5) is 10.3 Å². The third kappa shape index (κ3) is 4.32. The molecule has 0 radical (unpaired) electrons. The molecule has 3 aliphatic rings. The zero-order valence-electron chi connectivity index (χ0n) is 22.3. The highest BCUT2D eigenvalue weighted by atomic mass is 19.1. The number of fused-ring (bicyclic) bond motifs is 2. The van der Waals surface area contributed by atoms with E-state index in [1.54, 1.807) is 12.3 Å². The van der Waals surface area contributed by atoms with Gasteiger partial charge in [0.15, 0.2) is 11.6 Å².